The zero-order valence-electron chi connectivity index (χ0n) is 15.5. The van der Waals surface area contributed by atoms with Crippen LogP contribution in [0.25, 0.3) is 0 Å². The van der Waals surface area contributed by atoms with Gasteiger partial charge >= 0.3 is 0 Å². The van der Waals surface area contributed by atoms with Crippen LogP contribution in [0.2, 0.25) is 0 Å². The lowest BCUT2D eigenvalue weighted by atomic mass is 10.2. The molecule has 142 valence electrons. The fourth-order valence-electron chi connectivity index (χ4n) is 3.13. The summed E-state index contributed by atoms with van der Waals surface area (Å²) in [7, 11) is 0. The third kappa shape index (κ3) is 5.66. The maximum absolute atomic E-state index is 12.2. The van der Waals surface area contributed by atoms with E-state index in [1.54, 1.807) is 17.0 Å². The van der Waals surface area contributed by atoms with E-state index in [1.807, 2.05) is 30.3 Å². The van der Waals surface area contributed by atoms with Crippen LogP contribution >= 0.6 is 0 Å². The van der Waals surface area contributed by atoms with E-state index < -0.39 is 0 Å². The molecule has 0 unspecified atom stereocenters. The van der Waals surface area contributed by atoms with Gasteiger partial charge in [-0.05, 0) is 49.1 Å². The maximum atomic E-state index is 12.2. The highest BCUT2D eigenvalue weighted by molar-refractivity contribution is 5.97. The first kappa shape index (κ1) is 19.1. The van der Waals surface area contributed by atoms with Gasteiger partial charge in [0.15, 0.2) is 0 Å². The normalized spacial score (nSPS) is 13.8. The molecule has 3 rings (SSSR count). The van der Waals surface area contributed by atoms with Crippen molar-refractivity contribution in [3.05, 3.63) is 65.7 Å². The van der Waals surface area contributed by atoms with Gasteiger partial charge in [-0.15, -0.1) is 0 Å². The summed E-state index contributed by atoms with van der Waals surface area (Å²) >= 11 is 0. The fraction of sp³-hybridized carbons (Fsp3) is 0.364. The van der Waals surface area contributed by atoms with Crippen molar-refractivity contribution in [3.63, 3.8) is 0 Å². The molecule has 0 atom stereocenters. The van der Waals surface area contributed by atoms with Gasteiger partial charge in [0.05, 0.1) is 6.61 Å². The second-order valence-electron chi connectivity index (χ2n) is 6.65. The molecule has 0 radical (unpaired) electrons. The number of amides is 2. The van der Waals surface area contributed by atoms with E-state index in [2.05, 4.69) is 17.4 Å². The standard InChI is InChI=1S/C22H26N2O3/c25-21-8-4-15-24(21)20-11-9-19(10-12-20)22(26)23-14-5-16-27-17-13-18-6-2-1-3-7-18/h1-3,6-7,9-12H,4-5,8,13-17H2,(H,23,26). The summed E-state index contributed by atoms with van der Waals surface area (Å²) in [4.78, 5) is 25.7. The summed E-state index contributed by atoms with van der Waals surface area (Å²) in [5, 5.41) is 2.91. The third-order valence-corrected chi connectivity index (χ3v) is 4.64. The molecule has 1 aliphatic rings. The van der Waals surface area contributed by atoms with Crippen LogP contribution in [0, 0.1) is 0 Å². The Balaban J connectivity index is 1.31. The number of anilines is 1. The molecule has 1 heterocycles. The number of carbonyl (C=O) groups excluding carboxylic acids is 2. The molecule has 1 fully saturated rings. The van der Waals surface area contributed by atoms with Gasteiger partial charge in [-0.2, -0.15) is 0 Å². The molecule has 2 aromatic rings. The molecular weight excluding hydrogens is 340 g/mol. The van der Waals surface area contributed by atoms with Gasteiger partial charge in [0.2, 0.25) is 5.91 Å². The summed E-state index contributed by atoms with van der Waals surface area (Å²) < 4.78 is 5.62. The lowest BCUT2D eigenvalue weighted by molar-refractivity contribution is -0.117. The number of carbonyl (C=O) groups is 2. The van der Waals surface area contributed by atoms with Crippen LogP contribution in [-0.4, -0.2) is 38.1 Å². The van der Waals surface area contributed by atoms with Crippen molar-refractivity contribution in [2.45, 2.75) is 25.7 Å². The van der Waals surface area contributed by atoms with Gasteiger partial charge in [-0.1, -0.05) is 30.3 Å². The predicted molar refractivity (Wildman–Crippen MR) is 106 cm³/mol. The van der Waals surface area contributed by atoms with Crippen molar-refractivity contribution < 1.29 is 14.3 Å². The highest BCUT2D eigenvalue weighted by Gasteiger charge is 2.21. The number of nitrogens with zero attached hydrogens (tertiary/aromatic N) is 1. The highest BCUT2D eigenvalue weighted by Crippen LogP contribution is 2.21. The van der Waals surface area contributed by atoms with Crippen molar-refractivity contribution in [1.82, 2.24) is 5.32 Å². The zero-order chi connectivity index (χ0) is 18.9. The molecule has 0 saturated carbocycles. The highest BCUT2D eigenvalue weighted by atomic mass is 16.5. The zero-order valence-corrected chi connectivity index (χ0v) is 15.5. The van der Waals surface area contributed by atoms with E-state index in [9.17, 15) is 9.59 Å². The molecule has 1 aliphatic heterocycles. The number of nitrogens with one attached hydrogen (secondary N) is 1. The topological polar surface area (TPSA) is 58.6 Å². The first-order valence-corrected chi connectivity index (χ1v) is 9.54. The van der Waals surface area contributed by atoms with Crippen molar-refractivity contribution in [1.29, 1.82) is 0 Å². The lowest BCUT2D eigenvalue weighted by Crippen LogP contribution is -2.26. The molecule has 0 spiro atoms. The molecule has 0 aliphatic carbocycles. The van der Waals surface area contributed by atoms with Crippen molar-refractivity contribution in [2.75, 3.05) is 31.2 Å². The van der Waals surface area contributed by atoms with Crippen LogP contribution < -0.4 is 10.2 Å². The molecule has 0 bridgehead atoms. The number of benzene rings is 2. The lowest BCUT2D eigenvalue weighted by Gasteiger charge is -2.15. The molecule has 2 aromatic carbocycles. The molecule has 1 saturated heterocycles. The van der Waals surface area contributed by atoms with Crippen molar-refractivity contribution >= 4 is 17.5 Å². The molecular formula is C22H26N2O3. The average Bonchev–Trinajstić information content (AvgIpc) is 3.14. The quantitative estimate of drug-likeness (QED) is 0.694. The summed E-state index contributed by atoms with van der Waals surface area (Å²) in [5.74, 6) is 0.0537. The molecule has 27 heavy (non-hydrogen) atoms. The second kappa shape index (κ2) is 9.88. The number of hydrogen-bond donors (Lipinski definition) is 1. The van der Waals surface area contributed by atoms with E-state index in [4.69, 9.17) is 4.74 Å². The Hall–Kier alpha value is -2.66. The number of rotatable bonds is 9. The van der Waals surface area contributed by atoms with Gasteiger partial charge in [0.25, 0.3) is 5.91 Å². The first-order chi connectivity index (χ1) is 13.2. The van der Waals surface area contributed by atoms with Gasteiger partial charge in [-0.3, -0.25) is 9.59 Å². The maximum Gasteiger partial charge on any atom is 0.251 e. The summed E-state index contributed by atoms with van der Waals surface area (Å²) in [6.07, 6.45) is 3.18. The van der Waals surface area contributed by atoms with Crippen molar-refractivity contribution in [2.24, 2.45) is 0 Å². The minimum atomic E-state index is -0.0985. The van der Waals surface area contributed by atoms with E-state index in [1.165, 1.54) is 5.56 Å². The number of hydrogen-bond acceptors (Lipinski definition) is 3. The number of ether oxygens (including phenoxy) is 1. The fourth-order valence-corrected chi connectivity index (χ4v) is 3.13. The Bertz CT molecular complexity index is 744. The van der Waals surface area contributed by atoms with Gasteiger partial charge in [0.1, 0.15) is 0 Å². The van der Waals surface area contributed by atoms with Crippen LogP contribution in [-0.2, 0) is 16.0 Å². The minimum absolute atomic E-state index is 0.0985. The predicted octanol–water partition coefficient (Wildman–Crippen LogP) is 3.19. The third-order valence-electron chi connectivity index (χ3n) is 4.64. The van der Waals surface area contributed by atoms with Crippen molar-refractivity contribution in [3.8, 4) is 0 Å². The van der Waals surface area contributed by atoms with Crippen LogP contribution in [0.15, 0.2) is 54.6 Å². The van der Waals surface area contributed by atoms with E-state index in [0.717, 1.165) is 31.5 Å². The van der Waals surface area contributed by atoms with Crippen LogP contribution in [0.1, 0.15) is 35.2 Å². The largest absolute Gasteiger partial charge is 0.381 e. The van der Waals surface area contributed by atoms with Gasteiger partial charge < -0.3 is 15.0 Å². The monoisotopic (exact) mass is 366 g/mol. The van der Waals surface area contributed by atoms with E-state index in [0.29, 0.717) is 31.7 Å². The van der Waals surface area contributed by atoms with E-state index in [-0.39, 0.29) is 11.8 Å². The first-order valence-electron chi connectivity index (χ1n) is 9.54. The Labute approximate surface area is 160 Å². The van der Waals surface area contributed by atoms with E-state index >= 15 is 0 Å². The Morgan fingerprint density at radius 1 is 1.04 bits per heavy atom. The second-order valence-corrected chi connectivity index (χ2v) is 6.65. The Morgan fingerprint density at radius 3 is 2.52 bits per heavy atom. The Morgan fingerprint density at radius 2 is 1.81 bits per heavy atom. The van der Waals surface area contributed by atoms with Gasteiger partial charge in [-0.25, -0.2) is 0 Å². The summed E-state index contributed by atoms with van der Waals surface area (Å²) in [6, 6.07) is 17.5. The van der Waals surface area contributed by atoms with Crippen LogP contribution in [0.5, 0.6) is 0 Å². The molecule has 0 aromatic heterocycles. The molecule has 1 N–H and O–H groups in total. The van der Waals surface area contributed by atoms with Gasteiger partial charge in [0, 0.05) is 37.4 Å². The smallest absolute Gasteiger partial charge is 0.251 e. The average molecular weight is 366 g/mol. The molecule has 2 amide bonds. The minimum Gasteiger partial charge on any atom is -0.381 e. The SMILES string of the molecule is O=C(NCCCOCCc1ccccc1)c1ccc(N2CCCC2=O)cc1. The molecule has 5 heteroatoms. The van der Waals surface area contributed by atoms with Crippen LogP contribution in [0.4, 0.5) is 5.69 Å². The Kier molecular flexibility index (Phi) is 6.99. The van der Waals surface area contributed by atoms with Crippen LogP contribution in [0.3, 0.4) is 0 Å². The summed E-state index contributed by atoms with van der Waals surface area (Å²) in [6.45, 7) is 2.66. The summed E-state index contributed by atoms with van der Waals surface area (Å²) in [5.41, 5.74) is 2.74. The molecule has 5 nitrogen and oxygen atoms in total.